The molecule has 0 bridgehead atoms. The Morgan fingerprint density at radius 1 is 1.06 bits per heavy atom. The number of hydrogen-bond donors (Lipinski definition) is 0. The third-order valence-corrected chi connectivity index (χ3v) is 6.99. The molecule has 33 heavy (non-hydrogen) atoms. The average Bonchev–Trinajstić information content (AvgIpc) is 2.83. The number of hydrogen-bond acceptors (Lipinski definition) is 7. The SMILES string of the molecule is CN(c1ccccc1)S(=O)(=O)c1ccc(Cl)c(C(=O)OCn2nnc3ccccc3c2=O)c1. The molecule has 4 rings (SSSR count). The second kappa shape index (κ2) is 9.00. The number of benzene rings is 3. The van der Waals surface area contributed by atoms with E-state index in [2.05, 4.69) is 10.3 Å². The Morgan fingerprint density at radius 3 is 2.52 bits per heavy atom. The van der Waals surface area contributed by atoms with Crippen molar-refractivity contribution in [2.75, 3.05) is 11.4 Å². The number of nitrogens with zero attached hydrogens (tertiary/aromatic N) is 4. The molecule has 0 fully saturated rings. The molecule has 1 aromatic heterocycles. The van der Waals surface area contributed by atoms with Gasteiger partial charge in [0.15, 0.2) is 6.73 Å². The number of fused-ring (bicyclic) bond motifs is 1. The molecule has 0 aliphatic carbocycles. The summed E-state index contributed by atoms with van der Waals surface area (Å²) in [4.78, 5) is 25.0. The Morgan fingerprint density at radius 2 is 1.76 bits per heavy atom. The Hall–Kier alpha value is -3.76. The van der Waals surface area contributed by atoms with Gasteiger partial charge in [-0.15, -0.1) is 5.10 Å². The van der Waals surface area contributed by atoms with Gasteiger partial charge in [0, 0.05) is 7.05 Å². The largest absolute Gasteiger partial charge is 0.438 e. The third kappa shape index (κ3) is 4.43. The van der Waals surface area contributed by atoms with Gasteiger partial charge in [0.2, 0.25) is 0 Å². The number of esters is 1. The van der Waals surface area contributed by atoms with Crippen LogP contribution in [0.4, 0.5) is 5.69 Å². The van der Waals surface area contributed by atoms with Crippen LogP contribution in [0.1, 0.15) is 10.4 Å². The molecular weight excluding hydrogens is 468 g/mol. The number of ether oxygens (including phenoxy) is 1. The van der Waals surface area contributed by atoms with Gasteiger partial charge < -0.3 is 4.74 Å². The molecule has 0 N–H and O–H groups in total. The van der Waals surface area contributed by atoms with Gasteiger partial charge >= 0.3 is 5.97 Å². The lowest BCUT2D eigenvalue weighted by molar-refractivity contribution is 0.0336. The Bertz CT molecular complexity index is 1510. The maximum Gasteiger partial charge on any atom is 0.341 e. The van der Waals surface area contributed by atoms with Gasteiger partial charge in [-0.3, -0.25) is 9.10 Å². The molecule has 4 aromatic rings. The van der Waals surface area contributed by atoms with Crippen LogP contribution in [-0.2, 0) is 21.5 Å². The van der Waals surface area contributed by atoms with Gasteiger partial charge in [-0.1, -0.05) is 47.1 Å². The molecule has 0 spiro atoms. The van der Waals surface area contributed by atoms with Crippen LogP contribution >= 0.6 is 11.6 Å². The molecular formula is C22H17ClN4O5S. The predicted molar refractivity (Wildman–Crippen MR) is 123 cm³/mol. The fourth-order valence-corrected chi connectivity index (χ4v) is 4.48. The van der Waals surface area contributed by atoms with Gasteiger partial charge in [0.1, 0.15) is 5.52 Å². The minimum atomic E-state index is -3.97. The summed E-state index contributed by atoms with van der Waals surface area (Å²) in [6.07, 6.45) is 0. The lowest BCUT2D eigenvalue weighted by Gasteiger charge is -2.20. The van der Waals surface area contributed by atoms with Crippen LogP contribution in [0, 0.1) is 0 Å². The molecule has 0 aliphatic rings. The summed E-state index contributed by atoms with van der Waals surface area (Å²) in [6.45, 7) is -0.521. The summed E-state index contributed by atoms with van der Waals surface area (Å²) in [7, 11) is -2.57. The highest BCUT2D eigenvalue weighted by atomic mass is 35.5. The van der Waals surface area contributed by atoms with E-state index in [-0.39, 0.29) is 15.5 Å². The Balaban J connectivity index is 1.58. The zero-order chi connectivity index (χ0) is 23.6. The molecule has 0 aliphatic heterocycles. The van der Waals surface area contributed by atoms with Crippen molar-refractivity contribution >= 4 is 44.2 Å². The minimum absolute atomic E-state index is 0.00161. The smallest absolute Gasteiger partial charge is 0.341 e. The van der Waals surface area contributed by atoms with Crippen LogP contribution < -0.4 is 9.86 Å². The number of carbonyl (C=O) groups excluding carboxylic acids is 1. The first kappa shape index (κ1) is 22.4. The first-order chi connectivity index (χ1) is 15.8. The molecule has 0 saturated carbocycles. The molecule has 11 heteroatoms. The summed E-state index contributed by atoms with van der Waals surface area (Å²) >= 11 is 6.12. The van der Waals surface area contributed by atoms with Gasteiger partial charge in [-0.2, -0.15) is 4.68 Å². The topological polar surface area (TPSA) is 111 Å². The fourth-order valence-electron chi connectivity index (χ4n) is 3.06. The van der Waals surface area contributed by atoms with Crippen LogP contribution in [-0.4, -0.2) is 36.4 Å². The number of aromatic nitrogens is 3. The van der Waals surface area contributed by atoms with E-state index in [1.807, 2.05) is 0 Å². The molecule has 168 valence electrons. The predicted octanol–water partition coefficient (Wildman–Crippen LogP) is 3.08. The van der Waals surface area contributed by atoms with Gasteiger partial charge in [0.25, 0.3) is 15.6 Å². The van der Waals surface area contributed by atoms with E-state index < -0.39 is 28.3 Å². The highest BCUT2D eigenvalue weighted by molar-refractivity contribution is 7.92. The standard InChI is InChI=1S/C22H17ClN4O5S/c1-26(15-7-3-2-4-8-15)33(30,31)16-11-12-19(23)18(13-16)22(29)32-14-27-21(28)17-9-5-6-10-20(17)24-25-27/h2-13H,14H2,1H3. The number of anilines is 1. The van der Waals surface area contributed by atoms with Crippen LogP contribution in [0.15, 0.2) is 82.5 Å². The molecule has 0 saturated heterocycles. The van der Waals surface area contributed by atoms with Crippen molar-refractivity contribution in [3.05, 3.63) is 93.7 Å². The summed E-state index contributed by atoms with van der Waals surface area (Å²) in [5.74, 6) is -0.915. The highest BCUT2D eigenvalue weighted by Gasteiger charge is 2.24. The second-order valence-corrected chi connectivity index (χ2v) is 9.30. The van der Waals surface area contributed by atoms with Crippen molar-refractivity contribution in [2.45, 2.75) is 11.6 Å². The van der Waals surface area contributed by atoms with E-state index in [0.29, 0.717) is 16.6 Å². The zero-order valence-electron chi connectivity index (χ0n) is 17.3. The normalized spacial score (nSPS) is 11.3. The zero-order valence-corrected chi connectivity index (χ0v) is 18.8. The first-order valence-electron chi connectivity index (χ1n) is 9.62. The molecule has 0 radical (unpaired) electrons. The number of halogens is 1. The number of rotatable bonds is 6. The van der Waals surface area contributed by atoms with E-state index in [4.69, 9.17) is 16.3 Å². The molecule has 0 atom stereocenters. The van der Waals surface area contributed by atoms with Crippen molar-refractivity contribution in [1.82, 2.24) is 15.0 Å². The number of sulfonamides is 1. The Kier molecular flexibility index (Phi) is 6.12. The first-order valence-corrected chi connectivity index (χ1v) is 11.4. The van der Waals surface area contributed by atoms with Gasteiger partial charge in [-0.25, -0.2) is 13.2 Å². The fraction of sp³-hybridized carbons (Fsp3) is 0.0909. The van der Waals surface area contributed by atoms with Crippen molar-refractivity contribution < 1.29 is 17.9 Å². The van der Waals surface area contributed by atoms with E-state index in [1.54, 1.807) is 54.6 Å². The summed E-state index contributed by atoms with van der Waals surface area (Å²) in [5, 5.41) is 7.98. The van der Waals surface area contributed by atoms with E-state index in [0.717, 1.165) is 15.1 Å². The van der Waals surface area contributed by atoms with Gasteiger partial charge in [-0.05, 0) is 42.5 Å². The lowest BCUT2D eigenvalue weighted by atomic mass is 10.2. The molecule has 0 amide bonds. The van der Waals surface area contributed by atoms with E-state index in [1.165, 1.54) is 19.2 Å². The monoisotopic (exact) mass is 484 g/mol. The Labute approximate surface area is 193 Å². The van der Waals surface area contributed by atoms with E-state index in [9.17, 15) is 18.0 Å². The maximum atomic E-state index is 13.0. The van der Waals surface area contributed by atoms with Crippen LogP contribution in [0.3, 0.4) is 0 Å². The third-order valence-electron chi connectivity index (χ3n) is 4.88. The number of carbonyl (C=O) groups is 1. The molecule has 9 nitrogen and oxygen atoms in total. The molecule has 1 heterocycles. The molecule has 0 unspecified atom stereocenters. The van der Waals surface area contributed by atoms with Crippen LogP contribution in [0.5, 0.6) is 0 Å². The average molecular weight is 485 g/mol. The maximum absolute atomic E-state index is 13.0. The summed E-state index contributed by atoms with van der Waals surface area (Å²) in [5.41, 5.74) is 0.209. The van der Waals surface area contributed by atoms with Gasteiger partial charge in [0.05, 0.1) is 26.6 Å². The van der Waals surface area contributed by atoms with E-state index >= 15 is 0 Å². The second-order valence-electron chi connectivity index (χ2n) is 6.92. The van der Waals surface area contributed by atoms with Crippen molar-refractivity contribution in [1.29, 1.82) is 0 Å². The lowest BCUT2D eigenvalue weighted by Crippen LogP contribution is -2.27. The van der Waals surface area contributed by atoms with Crippen molar-refractivity contribution in [3.8, 4) is 0 Å². The number of para-hydroxylation sites is 1. The minimum Gasteiger partial charge on any atom is -0.438 e. The van der Waals surface area contributed by atoms with Crippen molar-refractivity contribution in [2.24, 2.45) is 0 Å². The van der Waals surface area contributed by atoms with Crippen LogP contribution in [0.25, 0.3) is 10.9 Å². The van der Waals surface area contributed by atoms with Crippen LogP contribution in [0.2, 0.25) is 5.02 Å². The molecule has 3 aromatic carbocycles. The summed E-state index contributed by atoms with van der Waals surface area (Å²) in [6, 6.07) is 18.8. The highest BCUT2D eigenvalue weighted by Crippen LogP contribution is 2.26. The quantitative estimate of drug-likeness (QED) is 0.386. The summed E-state index contributed by atoms with van der Waals surface area (Å²) < 4.78 is 33.2. The van der Waals surface area contributed by atoms with Crippen molar-refractivity contribution in [3.63, 3.8) is 0 Å².